The molecule has 0 spiro atoms. The number of anilines is 1. The van der Waals surface area contributed by atoms with Gasteiger partial charge >= 0.3 is 0 Å². The van der Waals surface area contributed by atoms with Crippen LogP contribution in [0.15, 0.2) is 36.4 Å². The van der Waals surface area contributed by atoms with E-state index in [9.17, 15) is 19.2 Å². The summed E-state index contributed by atoms with van der Waals surface area (Å²) in [6.07, 6.45) is 0.509. The number of rotatable bonds is 5. The maximum absolute atomic E-state index is 12.4. The zero-order valence-electron chi connectivity index (χ0n) is 14.7. The van der Waals surface area contributed by atoms with Gasteiger partial charge in [0.25, 0.3) is 0 Å². The second-order valence-electron chi connectivity index (χ2n) is 6.26. The van der Waals surface area contributed by atoms with Gasteiger partial charge in [-0.15, -0.1) is 11.3 Å². The van der Waals surface area contributed by atoms with Gasteiger partial charge in [-0.05, 0) is 23.6 Å². The summed E-state index contributed by atoms with van der Waals surface area (Å²) in [5.74, 6) is -1.38. The van der Waals surface area contributed by atoms with Crippen LogP contribution >= 0.6 is 11.3 Å². The van der Waals surface area contributed by atoms with Gasteiger partial charge in [-0.3, -0.25) is 24.5 Å². The molecular weight excluding hydrogens is 366 g/mol. The van der Waals surface area contributed by atoms with E-state index in [0.717, 1.165) is 10.4 Å². The lowest BCUT2D eigenvalue weighted by Gasteiger charge is -2.21. The molecule has 2 aromatic rings. The topological polar surface area (TPSA) is 104 Å². The Bertz CT molecular complexity index is 892. The summed E-state index contributed by atoms with van der Waals surface area (Å²) in [7, 11) is 0. The molecule has 0 aliphatic carbocycles. The summed E-state index contributed by atoms with van der Waals surface area (Å²) in [6, 6.07) is 10.8. The number of carbonyl (C=O) groups excluding carboxylic acids is 4. The molecule has 1 aromatic heterocycles. The minimum atomic E-state index is -0.716. The fourth-order valence-electron chi connectivity index (χ4n) is 2.82. The highest BCUT2D eigenvalue weighted by atomic mass is 32.1. The molecular formula is C19H19N3O4S. The van der Waals surface area contributed by atoms with E-state index in [2.05, 4.69) is 16.0 Å². The third kappa shape index (κ3) is 4.79. The Labute approximate surface area is 160 Å². The molecule has 1 atom stereocenters. The van der Waals surface area contributed by atoms with Crippen LogP contribution in [0.5, 0.6) is 0 Å². The summed E-state index contributed by atoms with van der Waals surface area (Å²) in [5, 5.41) is 8.24. The quantitative estimate of drug-likeness (QED) is 0.683. The number of nitrogens with one attached hydrogen (secondary N) is 3. The fraction of sp³-hybridized carbons (Fsp3) is 0.263. The standard InChI is InChI=1S/C19H19N3O4S/c1-11(23)20-19-13(9-15(27-19)12-5-3-2-4-6-12)10-17(25)21-14-7-8-16(24)22-18(14)26/h2-6,9,14H,7-8,10H2,1H3,(H,20,23)(H,21,25)(H,22,24,26). The molecule has 1 saturated heterocycles. The van der Waals surface area contributed by atoms with E-state index < -0.39 is 11.9 Å². The molecule has 0 saturated carbocycles. The van der Waals surface area contributed by atoms with E-state index in [1.54, 1.807) is 0 Å². The second kappa shape index (κ2) is 8.13. The lowest BCUT2D eigenvalue weighted by Crippen LogP contribution is -2.52. The molecule has 27 heavy (non-hydrogen) atoms. The maximum Gasteiger partial charge on any atom is 0.249 e. The third-order valence-corrected chi connectivity index (χ3v) is 5.22. The summed E-state index contributed by atoms with van der Waals surface area (Å²) in [6.45, 7) is 1.41. The molecule has 0 bridgehead atoms. The molecule has 140 valence electrons. The number of hydrogen-bond acceptors (Lipinski definition) is 5. The molecule has 3 N–H and O–H groups in total. The first-order valence-corrected chi connectivity index (χ1v) is 9.33. The molecule has 1 unspecified atom stereocenters. The van der Waals surface area contributed by atoms with Crippen molar-refractivity contribution in [3.05, 3.63) is 42.0 Å². The first kappa shape index (κ1) is 18.8. The predicted molar refractivity (Wildman–Crippen MR) is 102 cm³/mol. The number of carbonyl (C=O) groups is 4. The van der Waals surface area contributed by atoms with Gasteiger partial charge in [-0.25, -0.2) is 0 Å². The molecule has 8 heteroatoms. The van der Waals surface area contributed by atoms with Crippen molar-refractivity contribution in [1.82, 2.24) is 10.6 Å². The zero-order valence-corrected chi connectivity index (χ0v) is 15.5. The Morgan fingerprint density at radius 3 is 2.63 bits per heavy atom. The van der Waals surface area contributed by atoms with Crippen molar-refractivity contribution in [3.63, 3.8) is 0 Å². The predicted octanol–water partition coefficient (Wildman–Crippen LogP) is 1.84. The highest BCUT2D eigenvalue weighted by molar-refractivity contribution is 7.19. The molecule has 2 heterocycles. The van der Waals surface area contributed by atoms with E-state index in [-0.39, 0.29) is 37.0 Å². The Hall–Kier alpha value is -3.00. The molecule has 1 aliphatic heterocycles. The Morgan fingerprint density at radius 2 is 1.96 bits per heavy atom. The molecule has 1 aromatic carbocycles. The molecule has 4 amide bonds. The van der Waals surface area contributed by atoms with Crippen LogP contribution in [0.4, 0.5) is 5.00 Å². The summed E-state index contributed by atoms with van der Waals surface area (Å²) >= 11 is 1.39. The lowest BCUT2D eigenvalue weighted by atomic mass is 10.1. The normalized spacial score (nSPS) is 16.6. The molecule has 1 fully saturated rings. The van der Waals surface area contributed by atoms with E-state index >= 15 is 0 Å². The van der Waals surface area contributed by atoms with Crippen molar-refractivity contribution in [2.45, 2.75) is 32.2 Å². The van der Waals surface area contributed by atoms with Crippen molar-refractivity contribution >= 4 is 40.0 Å². The van der Waals surface area contributed by atoms with E-state index in [1.165, 1.54) is 18.3 Å². The fourth-order valence-corrected chi connectivity index (χ4v) is 3.95. The van der Waals surface area contributed by atoms with Crippen LogP contribution in [-0.4, -0.2) is 29.7 Å². The minimum absolute atomic E-state index is 0.0245. The maximum atomic E-state index is 12.4. The van der Waals surface area contributed by atoms with Crippen LogP contribution < -0.4 is 16.0 Å². The second-order valence-corrected chi connectivity index (χ2v) is 7.31. The van der Waals surface area contributed by atoms with Gasteiger partial charge in [0.05, 0.1) is 11.4 Å². The summed E-state index contributed by atoms with van der Waals surface area (Å²) in [4.78, 5) is 47.8. The van der Waals surface area contributed by atoms with Crippen LogP contribution in [0.1, 0.15) is 25.3 Å². The van der Waals surface area contributed by atoms with Crippen LogP contribution in [0.2, 0.25) is 0 Å². The highest BCUT2D eigenvalue weighted by Gasteiger charge is 2.28. The number of hydrogen-bond donors (Lipinski definition) is 3. The Kier molecular flexibility index (Phi) is 5.66. The highest BCUT2D eigenvalue weighted by Crippen LogP contribution is 2.35. The number of piperidine rings is 1. The molecule has 3 rings (SSSR count). The van der Waals surface area contributed by atoms with Gasteiger partial charge in [0.15, 0.2) is 0 Å². The molecule has 1 aliphatic rings. The van der Waals surface area contributed by atoms with Crippen molar-refractivity contribution in [2.24, 2.45) is 0 Å². The lowest BCUT2D eigenvalue weighted by molar-refractivity contribution is -0.137. The number of imide groups is 1. The van der Waals surface area contributed by atoms with Crippen molar-refractivity contribution in [3.8, 4) is 10.4 Å². The van der Waals surface area contributed by atoms with E-state index in [1.807, 2.05) is 36.4 Å². The van der Waals surface area contributed by atoms with Gasteiger partial charge in [-0.2, -0.15) is 0 Å². The van der Waals surface area contributed by atoms with E-state index in [4.69, 9.17) is 0 Å². The molecule has 0 radical (unpaired) electrons. The third-order valence-electron chi connectivity index (χ3n) is 4.08. The summed E-state index contributed by atoms with van der Waals surface area (Å²) in [5.41, 5.74) is 1.67. The largest absolute Gasteiger partial charge is 0.344 e. The Balaban J connectivity index is 1.75. The number of amides is 4. The van der Waals surface area contributed by atoms with Gasteiger partial charge in [0, 0.05) is 18.2 Å². The smallest absolute Gasteiger partial charge is 0.249 e. The van der Waals surface area contributed by atoms with E-state index in [0.29, 0.717) is 10.6 Å². The minimum Gasteiger partial charge on any atom is -0.344 e. The molecule has 7 nitrogen and oxygen atoms in total. The van der Waals surface area contributed by atoms with Crippen molar-refractivity contribution < 1.29 is 19.2 Å². The van der Waals surface area contributed by atoms with Gasteiger partial charge in [0.2, 0.25) is 23.6 Å². The van der Waals surface area contributed by atoms with Crippen LogP contribution in [-0.2, 0) is 25.6 Å². The zero-order chi connectivity index (χ0) is 19.4. The average molecular weight is 385 g/mol. The first-order valence-electron chi connectivity index (χ1n) is 8.51. The Morgan fingerprint density at radius 1 is 1.22 bits per heavy atom. The van der Waals surface area contributed by atoms with Crippen molar-refractivity contribution in [1.29, 1.82) is 0 Å². The number of benzene rings is 1. The van der Waals surface area contributed by atoms with Gasteiger partial charge in [0.1, 0.15) is 6.04 Å². The first-order chi connectivity index (χ1) is 12.9. The van der Waals surface area contributed by atoms with Crippen LogP contribution in [0.3, 0.4) is 0 Å². The summed E-state index contributed by atoms with van der Waals surface area (Å²) < 4.78 is 0. The van der Waals surface area contributed by atoms with Gasteiger partial charge in [-0.1, -0.05) is 30.3 Å². The van der Waals surface area contributed by atoms with Crippen LogP contribution in [0.25, 0.3) is 10.4 Å². The van der Waals surface area contributed by atoms with Gasteiger partial charge < -0.3 is 10.6 Å². The average Bonchev–Trinajstić information content (AvgIpc) is 3.00. The SMILES string of the molecule is CC(=O)Nc1sc(-c2ccccc2)cc1CC(=O)NC1CCC(=O)NC1=O. The number of thiophene rings is 1. The van der Waals surface area contributed by atoms with Crippen molar-refractivity contribution in [2.75, 3.05) is 5.32 Å². The monoisotopic (exact) mass is 385 g/mol. The van der Waals surface area contributed by atoms with Crippen LogP contribution in [0, 0.1) is 0 Å².